The van der Waals surface area contributed by atoms with Gasteiger partial charge in [-0.05, 0) is 36.1 Å². The van der Waals surface area contributed by atoms with Crippen LogP contribution in [0.25, 0.3) is 0 Å². The van der Waals surface area contributed by atoms with Crippen LogP contribution in [0.1, 0.15) is 18.0 Å². The molecule has 108 valence electrons. The number of benzene rings is 1. The Morgan fingerprint density at radius 1 is 1.19 bits per heavy atom. The van der Waals surface area contributed by atoms with Gasteiger partial charge in [0.1, 0.15) is 5.82 Å². The summed E-state index contributed by atoms with van der Waals surface area (Å²) < 4.78 is 14.7. The molecular formula is C16H15FN2OS. The molecule has 5 heteroatoms. The Hall–Kier alpha value is -2.01. The number of pyridine rings is 1. The maximum Gasteiger partial charge on any atom is 0.252 e. The molecule has 2 heterocycles. The van der Waals surface area contributed by atoms with Crippen molar-refractivity contribution in [3.63, 3.8) is 0 Å². The second-order valence-electron chi connectivity index (χ2n) is 4.92. The summed E-state index contributed by atoms with van der Waals surface area (Å²) in [5, 5.41) is 2.05. The minimum atomic E-state index is -0.238. The Morgan fingerprint density at radius 3 is 2.67 bits per heavy atom. The van der Waals surface area contributed by atoms with Crippen molar-refractivity contribution in [2.75, 3.05) is 0 Å². The summed E-state index contributed by atoms with van der Waals surface area (Å²) in [4.78, 5) is 14.1. The van der Waals surface area contributed by atoms with Gasteiger partial charge in [-0.3, -0.25) is 9.36 Å². The lowest BCUT2D eigenvalue weighted by Gasteiger charge is -2.29. The highest BCUT2D eigenvalue weighted by Gasteiger charge is 2.26. The molecular weight excluding hydrogens is 287 g/mol. The van der Waals surface area contributed by atoms with Gasteiger partial charge in [-0.25, -0.2) is 4.39 Å². The Labute approximate surface area is 126 Å². The summed E-state index contributed by atoms with van der Waals surface area (Å²) >= 11 is 1.60. The van der Waals surface area contributed by atoms with Gasteiger partial charge in [-0.2, -0.15) is 0 Å². The van der Waals surface area contributed by atoms with Crippen LogP contribution in [0.15, 0.2) is 64.6 Å². The van der Waals surface area contributed by atoms with E-state index in [0.29, 0.717) is 6.54 Å². The minimum Gasteiger partial charge on any atom is -0.341 e. The zero-order valence-corrected chi connectivity index (χ0v) is 12.4. The van der Waals surface area contributed by atoms with E-state index in [-0.39, 0.29) is 16.9 Å². The lowest BCUT2D eigenvalue weighted by atomic mass is 10.2. The van der Waals surface area contributed by atoms with Crippen LogP contribution in [0.3, 0.4) is 0 Å². The second kappa shape index (κ2) is 5.77. The number of thioether (sulfide) groups is 1. The van der Waals surface area contributed by atoms with Crippen molar-refractivity contribution in [2.45, 2.75) is 19.0 Å². The molecule has 1 aromatic carbocycles. The van der Waals surface area contributed by atoms with Gasteiger partial charge in [0.2, 0.25) is 0 Å². The van der Waals surface area contributed by atoms with E-state index in [1.54, 1.807) is 46.8 Å². The average molecular weight is 302 g/mol. The molecule has 0 fully saturated rings. The predicted molar refractivity (Wildman–Crippen MR) is 83.0 cm³/mol. The fourth-order valence-electron chi connectivity index (χ4n) is 2.30. The van der Waals surface area contributed by atoms with Crippen LogP contribution in [0.2, 0.25) is 0 Å². The van der Waals surface area contributed by atoms with Crippen molar-refractivity contribution in [1.29, 1.82) is 0 Å². The van der Waals surface area contributed by atoms with E-state index in [0.717, 1.165) is 11.3 Å². The molecule has 3 rings (SSSR count). The molecule has 2 aromatic rings. The van der Waals surface area contributed by atoms with E-state index in [4.69, 9.17) is 0 Å². The largest absolute Gasteiger partial charge is 0.341 e. The quantitative estimate of drug-likeness (QED) is 0.867. The van der Waals surface area contributed by atoms with E-state index in [1.807, 2.05) is 18.4 Å². The number of hydrogen-bond donors (Lipinski definition) is 0. The molecule has 0 radical (unpaired) electrons. The number of nitrogens with zero attached hydrogens (tertiary/aromatic N) is 2. The van der Waals surface area contributed by atoms with E-state index < -0.39 is 0 Å². The molecule has 1 aromatic heterocycles. The predicted octanol–water partition coefficient (Wildman–Crippen LogP) is 3.55. The van der Waals surface area contributed by atoms with Gasteiger partial charge >= 0.3 is 0 Å². The molecule has 0 saturated heterocycles. The number of halogens is 1. The highest BCUT2D eigenvalue weighted by atomic mass is 32.2. The Morgan fingerprint density at radius 2 is 1.95 bits per heavy atom. The number of aromatic nitrogens is 1. The van der Waals surface area contributed by atoms with Crippen molar-refractivity contribution in [1.82, 2.24) is 9.47 Å². The first-order chi connectivity index (χ1) is 10.1. The third kappa shape index (κ3) is 2.88. The molecule has 1 aliphatic heterocycles. The highest BCUT2D eigenvalue weighted by molar-refractivity contribution is 8.02. The molecule has 0 bridgehead atoms. The molecule has 21 heavy (non-hydrogen) atoms. The SMILES string of the molecule is CC1=CSC(n2ccccc2=O)N1Cc1ccc(F)cc1. The maximum absolute atomic E-state index is 13.0. The molecule has 0 spiro atoms. The number of hydrogen-bond acceptors (Lipinski definition) is 3. The second-order valence-corrected chi connectivity index (χ2v) is 5.85. The zero-order valence-electron chi connectivity index (χ0n) is 11.6. The van der Waals surface area contributed by atoms with Crippen LogP contribution in [-0.4, -0.2) is 9.47 Å². The standard InChI is InChI=1S/C16H15FN2OS/c1-12-11-21-16(18-9-3-2-4-15(18)20)19(12)10-13-5-7-14(17)8-6-13/h2-9,11,16H,10H2,1H3. The average Bonchev–Trinajstić information content (AvgIpc) is 2.83. The van der Waals surface area contributed by atoms with Gasteiger partial charge in [-0.15, -0.1) is 0 Å². The first kappa shape index (κ1) is 13.9. The van der Waals surface area contributed by atoms with Crippen LogP contribution in [0, 0.1) is 5.82 Å². The van der Waals surface area contributed by atoms with Gasteiger partial charge < -0.3 is 4.90 Å². The molecule has 3 nitrogen and oxygen atoms in total. The van der Waals surface area contributed by atoms with Gasteiger partial charge in [0.25, 0.3) is 5.56 Å². The third-order valence-corrected chi connectivity index (χ3v) is 4.64. The monoisotopic (exact) mass is 302 g/mol. The normalized spacial score (nSPS) is 17.9. The van der Waals surface area contributed by atoms with Crippen molar-refractivity contribution in [3.05, 3.63) is 81.5 Å². The molecule has 1 aliphatic rings. The molecule has 0 amide bonds. The summed E-state index contributed by atoms with van der Waals surface area (Å²) in [6.07, 6.45) is 1.80. The third-order valence-electron chi connectivity index (χ3n) is 3.44. The first-order valence-corrected chi connectivity index (χ1v) is 7.60. The van der Waals surface area contributed by atoms with Gasteiger partial charge in [0, 0.05) is 24.5 Å². The smallest absolute Gasteiger partial charge is 0.252 e. The van der Waals surface area contributed by atoms with Gasteiger partial charge in [0.05, 0.1) is 0 Å². The summed E-state index contributed by atoms with van der Waals surface area (Å²) in [5.41, 5.74) is 2.00. The van der Waals surface area contributed by atoms with Crippen LogP contribution in [-0.2, 0) is 6.54 Å². The summed E-state index contributed by atoms with van der Waals surface area (Å²) in [5.74, 6) is -0.238. The van der Waals surface area contributed by atoms with Crippen molar-refractivity contribution < 1.29 is 4.39 Å². The summed E-state index contributed by atoms with van der Waals surface area (Å²) in [7, 11) is 0. The zero-order chi connectivity index (χ0) is 14.8. The molecule has 0 aliphatic carbocycles. The van der Waals surface area contributed by atoms with Crippen molar-refractivity contribution in [3.8, 4) is 0 Å². The Balaban J connectivity index is 1.88. The van der Waals surface area contributed by atoms with Crippen molar-refractivity contribution >= 4 is 11.8 Å². The van der Waals surface area contributed by atoms with E-state index >= 15 is 0 Å². The van der Waals surface area contributed by atoms with Gasteiger partial charge in [0.15, 0.2) is 5.50 Å². The summed E-state index contributed by atoms with van der Waals surface area (Å²) in [6, 6.07) is 11.6. The maximum atomic E-state index is 13.0. The molecule has 0 N–H and O–H groups in total. The van der Waals surface area contributed by atoms with Crippen LogP contribution in [0.5, 0.6) is 0 Å². The Bertz CT molecular complexity index is 724. The van der Waals surface area contributed by atoms with Crippen LogP contribution < -0.4 is 5.56 Å². The summed E-state index contributed by atoms with van der Waals surface area (Å²) in [6.45, 7) is 2.66. The molecule has 0 saturated carbocycles. The van der Waals surface area contributed by atoms with Crippen molar-refractivity contribution in [2.24, 2.45) is 0 Å². The van der Waals surface area contributed by atoms with E-state index in [1.165, 1.54) is 12.1 Å². The fourth-order valence-corrected chi connectivity index (χ4v) is 3.45. The molecule has 1 unspecified atom stereocenters. The van der Waals surface area contributed by atoms with Crippen LogP contribution in [0.4, 0.5) is 4.39 Å². The van der Waals surface area contributed by atoms with E-state index in [9.17, 15) is 9.18 Å². The van der Waals surface area contributed by atoms with Gasteiger partial charge in [-0.1, -0.05) is 30.0 Å². The van der Waals surface area contributed by atoms with E-state index in [2.05, 4.69) is 4.90 Å². The Kier molecular flexibility index (Phi) is 3.84. The highest BCUT2D eigenvalue weighted by Crippen LogP contribution is 2.38. The van der Waals surface area contributed by atoms with Crippen LogP contribution >= 0.6 is 11.8 Å². The number of rotatable bonds is 3. The molecule has 1 atom stereocenters. The lowest BCUT2D eigenvalue weighted by Crippen LogP contribution is -2.31. The topological polar surface area (TPSA) is 25.2 Å². The first-order valence-electron chi connectivity index (χ1n) is 6.65. The minimum absolute atomic E-state index is 0.0257. The fraction of sp³-hybridized carbons (Fsp3) is 0.188. The lowest BCUT2D eigenvalue weighted by molar-refractivity contribution is 0.264. The number of allylic oxidation sites excluding steroid dienone is 1.